The molecule has 0 unspecified atom stereocenters. The summed E-state index contributed by atoms with van der Waals surface area (Å²) in [6.07, 6.45) is 0.847. The van der Waals surface area contributed by atoms with Crippen LogP contribution in [0, 0.1) is 6.92 Å². The molecule has 4 aromatic rings. The number of rotatable bonds is 6. The highest BCUT2D eigenvalue weighted by Crippen LogP contribution is 2.28. The highest BCUT2D eigenvalue weighted by atomic mass is 16.5. The lowest BCUT2D eigenvalue weighted by atomic mass is 10.1. The average molecular weight is 362 g/mol. The summed E-state index contributed by atoms with van der Waals surface area (Å²) in [6, 6.07) is 16.2. The van der Waals surface area contributed by atoms with E-state index in [2.05, 4.69) is 28.6 Å². The van der Waals surface area contributed by atoms with E-state index in [1.165, 1.54) is 5.56 Å². The van der Waals surface area contributed by atoms with Crippen molar-refractivity contribution in [3.8, 4) is 11.5 Å². The number of ether oxygens (including phenoxy) is 2. The molecule has 6 nitrogen and oxygen atoms in total. The first-order chi connectivity index (χ1) is 13.2. The van der Waals surface area contributed by atoms with Crippen LogP contribution in [0.25, 0.3) is 16.6 Å². The van der Waals surface area contributed by atoms with Crippen LogP contribution < -0.4 is 14.8 Å². The summed E-state index contributed by atoms with van der Waals surface area (Å²) in [5.41, 5.74) is 4.02. The van der Waals surface area contributed by atoms with Crippen molar-refractivity contribution in [2.75, 3.05) is 26.1 Å². The number of hydrogen-bond acceptors (Lipinski definition) is 5. The summed E-state index contributed by atoms with van der Waals surface area (Å²) in [5.74, 6) is 2.36. The molecule has 27 heavy (non-hydrogen) atoms. The molecule has 0 saturated heterocycles. The fourth-order valence-electron chi connectivity index (χ4n) is 3.27. The number of anilines is 1. The van der Waals surface area contributed by atoms with E-state index in [0.29, 0.717) is 0 Å². The third kappa shape index (κ3) is 3.26. The van der Waals surface area contributed by atoms with Crippen molar-refractivity contribution < 1.29 is 9.47 Å². The van der Waals surface area contributed by atoms with Gasteiger partial charge in [0.1, 0.15) is 5.82 Å². The van der Waals surface area contributed by atoms with Crippen molar-refractivity contribution in [3.63, 3.8) is 0 Å². The molecule has 0 fully saturated rings. The number of methoxy groups -OCH3 is 2. The van der Waals surface area contributed by atoms with E-state index in [0.717, 1.165) is 52.5 Å². The monoisotopic (exact) mass is 362 g/mol. The first-order valence-corrected chi connectivity index (χ1v) is 8.89. The standard InChI is InChI=1S/C21H22N4O2/c1-14-12-20-23-21(16-6-4-5-7-17(16)25(20)24-14)22-11-10-15-8-9-18(26-2)19(13-15)27-3/h4-9,12-13H,10-11H2,1-3H3,(H,22,23). The van der Waals surface area contributed by atoms with Crippen molar-refractivity contribution in [1.82, 2.24) is 14.6 Å². The maximum atomic E-state index is 5.38. The van der Waals surface area contributed by atoms with Gasteiger partial charge in [-0.1, -0.05) is 18.2 Å². The van der Waals surface area contributed by atoms with E-state index in [-0.39, 0.29) is 0 Å². The second-order valence-corrected chi connectivity index (χ2v) is 6.40. The molecular formula is C21H22N4O2. The van der Waals surface area contributed by atoms with E-state index in [9.17, 15) is 0 Å². The van der Waals surface area contributed by atoms with Crippen LogP contribution in [0.5, 0.6) is 11.5 Å². The molecule has 0 aliphatic rings. The number of benzene rings is 2. The minimum Gasteiger partial charge on any atom is -0.493 e. The van der Waals surface area contributed by atoms with E-state index in [1.54, 1.807) is 14.2 Å². The Bertz CT molecular complexity index is 1100. The molecule has 138 valence electrons. The van der Waals surface area contributed by atoms with Crippen LogP contribution in [-0.2, 0) is 6.42 Å². The minimum atomic E-state index is 0.739. The number of para-hydroxylation sites is 1. The Hall–Kier alpha value is -3.28. The lowest BCUT2D eigenvalue weighted by Crippen LogP contribution is -2.08. The number of nitrogens with zero attached hydrogens (tertiary/aromatic N) is 3. The fourth-order valence-corrected chi connectivity index (χ4v) is 3.27. The molecule has 2 aromatic carbocycles. The zero-order valence-corrected chi connectivity index (χ0v) is 15.7. The number of aromatic nitrogens is 3. The van der Waals surface area contributed by atoms with Crippen molar-refractivity contribution in [2.24, 2.45) is 0 Å². The highest BCUT2D eigenvalue weighted by molar-refractivity contribution is 5.91. The zero-order chi connectivity index (χ0) is 18.8. The minimum absolute atomic E-state index is 0.739. The third-order valence-corrected chi connectivity index (χ3v) is 4.58. The summed E-state index contributed by atoms with van der Waals surface area (Å²) >= 11 is 0. The van der Waals surface area contributed by atoms with Gasteiger partial charge in [0.15, 0.2) is 17.1 Å². The summed E-state index contributed by atoms with van der Waals surface area (Å²) in [5, 5.41) is 9.08. The van der Waals surface area contributed by atoms with Gasteiger partial charge in [-0.2, -0.15) is 5.10 Å². The van der Waals surface area contributed by atoms with E-state index in [1.807, 2.05) is 41.8 Å². The van der Waals surface area contributed by atoms with E-state index >= 15 is 0 Å². The van der Waals surface area contributed by atoms with Gasteiger partial charge in [-0.15, -0.1) is 0 Å². The predicted molar refractivity (Wildman–Crippen MR) is 107 cm³/mol. The molecule has 1 N–H and O–H groups in total. The molecule has 0 saturated carbocycles. The summed E-state index contributed by atoms with van der Waals surface area (Å²) < 4.78 is 12.6. The van der Waals surface area contributed by atoms with Gasteiger partial charge in [-0.25, -0.2) is 9.50 Å². The smallest absolute Gasteiger partial charge is 0.160 e. The predicted octanol–water partition coefficient (Wildman–Crippen LogP) is 3.86. The summed E-state index contributed by atoms with van der Waals surface area (Å²) in [7, 11) is 3.29. The number of aryl methyl sites for hydroxylation is 1. The van der Waals surface area contributed by atoms with Crippen LogP contribution in [-0.4, -0.2) is 35.4 Å². The zero-order valence-electron chi connectivity index (χ0n) is 15.7. The molecule has 2 aromatic heterocycles. The molecule has 4 rings (SSSR count). The van der Waals surface area contributed by atoms with Crippen molar-refractivity contribution in [1.29, 1.82) is 0 Å². The van der Waals surface area contributed by atoms with E-state index < -0.39 is 0 Å². The van der Waals surface area contributed by atoms with Gasteiger partial charge in [0, 0.05) is 18.0 Å². The molecule has 2 heterocycles. The van der Waals surface area contributed by atoms with Crippen LogP contribution >= 0.6 is 0 Å². The van der Waals surface area contributed by atoms with Crippen molar-refractivity contribution >= 4 is 22.4 Å². The normalized spacial score (nSPS) is 11.1. The maximum absolute atomic E-state index is 5.38. The quantitative estimate of drug-likeness (QED) is 0.564. The summed E-state index contributed by atoms with van der Waals surface area (Å²) in [6.45, 7) is 2.74. The fraction of sp³-hybridized carbons (Fsp3) is 0.238. The van der Waals surface area contributed by atoms with Gasteiger partial charge in [-0.05, 0) is 43.2 Å². The maximum Gasteiger partial charge on any atom is 0.160 e. The van der Waals surface area contributed by atoms with Crippen LogP contribution in [0.1, 0.15) is 11.3 Å². The third-order valence-electron chi connectivity index (χ3n) is 4.58. The molecule has 6 heteroatoms. The molecule has 0 atom stereocenters. The first kappa shape index (κ1) is 17.1. The second kappa shape index (κ2) is 7.15. The van der Waals surface area contributed by atoms with Crippen LogP contribution in [0.15, 0.2) is 48.5 Å². The van der Waals surface area contributed by atoms with Gasteiger partial charge in [0.25, 0.3) is 0 Å². The molecule has 0 aliphatic heterocycles. The molecule has 0 aliphatic carbocycles. The number of hydrogen-bond donors (Lipinski definition) is 1. The van der Waals surface area contributed by atoms with Gasteiger partial charge in [-0.3, -0.25) is 0 Å². The summed E-state index contributed by atoms with van der Waals surface area (Å²) in [4.78, 5) is 4.76. The Balaban J connectivity index is 1.58. The number of fused-ring (bicyclic) bond motifs is 3. The Kier molecular flexibility index (Phi) is 4.54. The lowest BCUT2D eigenvalue weighted by Gasteiger charge is -2.12. The molecule has 0 spiro atoms. The molecular weight excluding hydrogens is 340 g/mol. The van der Waals surface area contributed by atoms with Crippen LogP contribution in [0.3, 0.4) is 0 Å². The van der Waals surface area contributed by atoms with Crippen molar-refractivity contribution in [2.45, 2.75) is 13.3 Å². The van der Waals surface area contributed by atoms with Gasteiger partial charge >= 0.3 is 0 Å². The molecule has 0 radical (unpaired) electrons. The van der Waals surface area contributed by atoms with Crippen LogP contribution in [0.2, 0.25) is 0 Å². The topological polar surface area (TPSA) is 60.7 Å². The second-order valence-electron chi connectivity index (χ2n) is 6.40. The van der Waals surface area contributed by atoms with Crippen molar-refractivity contribution in [3.05, 3.63) is 59.8 Å². The van der Waals surface area contributed by atoms with Crippen LogP contribution in [0.4, 0.5) is 5.82 Å². The first-order valence-electron chi connectivity index (χ1n) is 8.89. The molecule has 0 bridgehead atoms. The Morgan fingerprint density at radius 1 is 1.00 bits per heavy atom. The van der Waals surface area contributed by atoms with Gasteiger partial charge in [0.05, 0.1) is 25.4 Å². The Morgan fingerprint density at radius 3 is 2.63 bits per heavy atom. The Labute approximate surface area is 157 Å². The lowest BCUT2D eigenvalue weighted by molar-refractivity contribution is 0.354. The Morgan fingerprint density at radius 2 is 1.81 bits per heavy atom. The van der Waals surface area contributed by atoms with Gasteiger partial charge in [0.2, 0.25) is 0 Å². The van der Waals surface area contributed by atoms with Gasteiger partial charge < -0.3 is 14.8 Å². The SMILES string of the molecule is COc1ccc(CCNc2nc3cc(C)nn3c3ccccc23)cc1OC. The largest absolute Gasteiger partial charge is 0.493 e. The molecule has 0 amide bonds. The highest BCUT2D eigenvalue weighted by Gasteiger charge is 2.10. The average Bonchev–Trinajstić information content (AvgIpc) is 3.08. The van der Waals surface area contributed by atoms with E-state index in [4.69, 9.17) is 14.5 Å². The number of nitrogens with one attached hydrogen (secondary N) is 1.